The second kappa shape index (κ2) is 17.1. The molecule has 1 unspecified atom stereocenters. The van der Waals surface area contributed by atoms with E-state index in [2.05, 4.69) is 6.92 Å². The van der Waals surface area contributed by atoms with Gasteiger partial charge in [-0.3, -0.25) is 0 Å². The third kappa shape index (κ3) is 15.2. The number of rotatable bonds is 19. The SMILES string of the molecule is CCCCCCCCCCCCCCCCCCP(=O)(O)Oc1ccccc1. The molecule has 0 spiro atoms. The first-order valence-electron chi connectivity index (χ1n) is 11.7. The zero-order valence-electron chi connectivity index (χ0n) is 18.1. The quantitative estimate of drug-likeness (QED) is 0.184. The fraction of sp³-hybridized carbons (Fsp3) is 0.750. The summed E-state index contributed by atoms with van der Waals surface area (Å²) in [7, 11) is -3.50. The van der Waals surface area contributed by atoms with Gasteiger partial charge < -0.3 is 9.42 Å². The third-order valence-electron chi connectivity index (χ3n) is 5.29. The number of hydrogen-bond donors (Lipinski definition) is 1. The number of para-hydroxylation sites is 1. The molecule has 0 heterocycles. The molecule has 0 radical (unpaired) electrons. The summed E-state index contributed by atoms with van der Waals surface area (Å²) in [5.74, 6) is 0.477. The second-order valence-electron chi connectivity index (χ2n) is 8.07. The van der Waals surface area contributed by atoms with Crippen LogP contribution in [0.25, 0.3) is 0 Å². The molecular weight excluding hydrogens is 367 g/mol. The van der Waals surface area contributed by atoms with E-state index in [4.69, 9.17) is 4.52 Å². The summed E-state index contributed by atoms with van der Waals surface area (Å²) < 4.78 is 17.3. The predicted octanol–water partition coefficient (Wildman–Crippen LogP) is 8.51. The molecule has 0 aromatic heterocycles. The van der Waals surface area contributed by atoms with Crippen LogP contribution >= 0.6 is 7.60 Å². The molecule has 1 N–H and O–H groups in total. The van der Waals surface area contributed by atoms with E-state index in [1.165, 1.54) is 83.5 Å². The fourth-order valence-corrected chi connectivity index (χ4v) is 4.72. The van der Waals surface area contributed by atoms with Crippen LogP contribution in [-0.4, -0.2) is 11.1 Å². The van der Waals surface area contributed by atoms with E-state index in [0.29, 0.717) is 5.75 Å². The highest BCUT2D eigenvalue weighted by Crippen LogP contribution is 2.43. The minimum atomic E-state index is -3.50. The van der Waals surface area contributed by atoms with Gasteiger partial charge in [0.25, 0.3) is 0 Å². The minimum absolute atomic E-state index is 0.250. The molecule has 0 amide bonds. The van der Waals surface area contributed by atoms with Gasteiger partial charge in [-0.25, -0.2) is 4.57 Å². The first kappa shape index (κ1) is 25.2. The Kier molecular flexibility index (Phi) is 15.4. The van der Waals surface area contributed by atoms with Crippen molar-refractivity contribution < 1.29 is 14.0 Å². The lowest BCUT2D eigenvalue weighted by Crippen LogP contribution is -1.97. The maximum atomic E-state index is 12.1. The molecule has 3 nitrogen and oxygen atoms in total. The molecule has 0 bridgehead atoms. The summed E-state index contributed by atoms with van der Waals surface area (Å²) in [4.78, 5) is 9.92. The summed E-state index contributed by atoms with van der Waals surface area (Å²) in [6.45, 7) is 2.27. The van der Waals surface area contributed by atoms with E-state index in [9.17, 15) is 9.46 Å². The molecule has 162 valence electrons. The summed E-state index contributed by atoms with van der Waals surface area (Å²) in [5.41, 5.74) is 0. The molecule has 1 aromatic carbocycles. The van der Waals surface area contributed by atoms with Crippen molar-refractivity contribution in [2.24, 2.45) is 0 Å². The highest BCUT2D eigenvalue weighted by Gasteiger charge is 2.19. The van der Waals surface area contributed by atoms with Crippen LogP contribution in [0.4, 0.5) is 0 Å². The van der Waals surface area contributed by atoms with Gasteiger partial charge in [0.1, 0.15) is 5.75 Å². The van der Waals surface area contributed by atoms with Gasteiger partial charge in [0.2, 0.25) is 0 Å². The Morgan fingerprint density at radius 3 is 1.50 bits per heavy atom. The van der Waals surface area contributed by atoms with E-state index in [0.717, 1.165) is 19.3 Å². The lowest BCUT2D eigenvalue weighted by atomic mass is 10.0. The largest absolute Gasteiger partial charge is 0.424 e. The third-order valence-corrected chi connectivity index (χ3v) is 6.66. The Hall–Kier alpha value is -0.790. The monoisotopic (exact) mass is 410 g/mol. The van der Waals surface area contributed by atoms with Crippen LogP contribution < -0.4 is 4.52 Å². The molecule has 1 rings (SSSR count). The van der Waals surface area contributed by atoms with Gasteiger partial charge in [-0.2, -0.15) is 0 Å². The Balaban J connectivity index is 1.83. The van der Waals surface area contributed by atoms with Crippen LogP contribution in [0.5, 0.6) is 5.75 Å². The van der Waals surface area contributed by atoms with Gasteiger partial charge in [-0.1, -0.05) is 121 Å². The van der Waals surface area contributed by atoms with Crippen LogP contribution in [0.2, 0.25) is 0 Å². The lowest BCUT2D eigenvalue weighted by molar-refractivity contribution is 0.377. The fourth-order valence-electron chi connectivity index (χ4n) is 3.55. The maximum Gasteiger partial charge on any atom is 0.376 e. The van der Waals surface area contributed by atoms with E-state index in [-0.39, 0.29) is 6.16 Å². The number of benzene rings is 1. The lowest BCUT2D eigenvalue weighted by Gasteiger charge is -2.13. The van der Waals surface area contributed by atoms with Crippen molar-refractivity contribution >= 4 is 7.60 Å². The average Bonchev–Trinajstić information content (AvgIpc) is 2.68. The zero-order valence-corrected chi connectivity index (χ0v) is 19.0. The van der Waals surface area contributed by atoms with Crippen molar-refractivity contribution in [2.45, 2.75) is 110 Å². The first-order valence-corrected chi connectivity index (χ1v) is 13.5. The molecule has 1 aromatic rings. The second-order valence-corrected chi connectivity index (χ2v) is 9.97. The van der Waals surface area contributed by atoms with Crippen molar-refractivity contribution in [1.82, 2.24) is 0 Å². The Labute approximate surface area is 173 Å². The molecule has 0 saturated carbocycles. The van der Waals surface area contributed by atoms with Crippen molar-refractivity contribution in [3.05, 3.63) is 30.3 Å². The van der Waals surface area contributed by atoms with E-state index >= 15 is 0 Å². The summed E-state index contributed by atoms with van der Waals surface area (Å²) >= 11 is 0. The standard InChI is InChI=1S/C24H43O3P/c1-2-3-4-5-6-7-8-9-10-11-12-13-14-15-16-20-23-28(25,26)27-24-21-18-17-19-22-24/h17-19,21-22H,2-16,20,23H2,1H3,(H,25,26). The van der Waals surface area contributed by atoms with Gasteiger partial charge in [-0.15, -0.1) is 0 Å². The van der Waals surface area contributed by atoms with Crippen LogP contribution in [0.1, 0.15) is 110 Å². The van der Waals surface area contributed by atoms with Crippen LogP contribution in [0.15, 0.2) is 30.3 Å². The molecule has 28 heavy (non-hydrogen) atoms. The van der Waals surface area contributed by atoms with E-state index < -0.39 is 7.60 Å². The van der Waals surface area contributed by atoms with Gasteiger partial charge in [-0.05, 0) is 18.6 Å². The van der Waals surface area contributed by atoms with Crippen molar-refractivity contribution in [2.75, 3.05) is 6.16 Å². The van der Waals surface area contributed by atoms with Crippen molar-refractivity contribution in [3.63, 3.8) is 0 Å². The van der Waals surface area contributed by atoms with Gasteiger partial charge >= 0.3 is 7.60 Å². The predicted molar refractivity (Wildman–Crippen MR) is 121 cm³/mol. The summed E-state index contributed by atoms with van der Waals surface area (Å²) in [5, 5.41) is 0. The van der Waals surface area contributed by atoms with Gasteiger partial charge in [0.05, 0.1) is 6.16 Å². The molecule has 0 saturated heterocycles. The topological polar surface area (TPSA) is 46.5 Å². The van der Waals surface area contributed by atoms with Gasteiger partial charge in [0.15, 0.2) is 0 Å². The Morgan fingerprint density at radius 2 is 1.07 bits per heavy atom. The molecule has 0 aliphatic heterocycles. The van der Waals surface area contributed by atoms with E-state index in [1.54, 1.807) is 12.1 Å². The molecule has 4 heteroatoms. The molecule has 1 atom stereocenters. The number of unbranched alkanes of at least 4 members (excludes halogenated alkanes) is 15. The van der Waals surface area contributed by atoms with Crippen LogP contribution in [0.3, 0.4) is 0 Å². The highest BCUT2D eigenvalue weighted by molar-refractivity contribution is 7.53. The average molecular weight is 411 g/mol. The Bertz CT molecular complexity index is 504. The normalized spacial score (nSPS) is 13.4. The zero-order chi connectivity index (χ0) is 20.3. The maximum absolute atomic E-state index is 12.1. The van der Waals surface area contributed by atoms with Crippen molar-refractivity contribution in [3.8, 4) is 5.75 Å². The van der Waals surface area contributed by atoms with Crippen molar-refractivity contribution in [1.29, 1.82) is 0 Å². The van der Waals surface area contributed by atoms with Crippen LogP contribution in [-0.2, 0) is 4.57 Å². The number of hydrogen-bond acceptors (Lipinski definition) is 2. The molecule has 0 aliphatic rings. The van der Waals surface area contributed by atoms with E-state index in [1.807, 2.05) is 18.2 Å². The van der Waals surface area contributed by atoms with Gasteiger partial charge in [0, 0.05) is 0 Å². The Morgan fingerprint density at radius 1 is 0.679 bits per heavy atom. The summed E-state index contributed by atoms with van der Waals surface area (Å²) in [6, 6.07) is 8.92. The minimum Gasteiger partial charge on any atom is -0.424 e. The molecule has 0 fully saturated rings. The smallest absolute Gasteiger partial charge is 0.376 e. The molecular formula is C24H43O3P. The van der Waals surface area contributed by atoms with Crippen LogP contribution in [0, 0.1) is 0 Å². The summed E-state index contributed by atoms with van der Waals surface area (Å²) in [6.07, 6.45) is 21.1. The highest BCUT2D eigenvalue weighted by atomic mass is 31.2. The molecule has 0 aliphatic carbocycles. The first-order chi connectivity index (χ1) is 13.6.